The van der Waals surface area contributed by atoms with Crippen molar-refractivity contribution in [1.29, 1.82) is 0 Å². The minimum absolute atomic E-state index is 0.0463. The number of nitrogens with zero attached hydrogens (tertiary/aromatic N) is 5. The highest BCUT2D eigenvalue weighted by atomic mass is 32.1. The molecule has 2 aromatic rings. The highest BCUT2D eigenvalue weighted by molar-refractivity contribution is 7.18. The fourth-order valence-corrected chi connectivity index (χ4v) is 4.18. The summed E-state index contributed by atoms with van der Waals surface area (Å²) >= 11 is 1.42. The third-order valence-corrected chi connectivity index (χ3v) is 5.60. The van der Waals surface area contributed by atoms with Gasteiger partial charge in [-0.15, -0.1) is 11.3 Å². The maximum absolute atomic E-state index is 12.1. The fraction of sp³-hybridized carbons (Fsp3) is 0.333. The zero-order valence-electron chi connectivity index (χ0n) is 15.4. The van der Waals surface area contributed by atoms with Crippen LogP contribution >= 0.6 is 11.3 Å². The van der Waals surface area contributed by atoms with Gasteiger partial charge in [-0.1, -0.05) is 0 Å². The van der Waals surface area contributed by atoms with Crippen LogP contribution in [0.5, 0.6) is 0 Å². The number of amidine groups is 2. The van der Waals surface area contributed by atoms with Crippen LogP contribution in [0.25, 0.3) is 0 Å². The average molecular weight is 383 g/mol. The first-order valence-corrected chi connectivity index (χ1v) is 9.60. The topological polar surface area (TPSA) is 86.9 Å². The van der Waals surface area contributed by atoms with Crippen LogP contribution in [0.4, 0.5) is 5.00 Å². The van der Waals surface area contributed by atoms with Gasteiger partial charge in [-0.25, -0.2) is 4.99 Å². The van der Waals surface area contributed by atoms with E-state index in [1.165, 1.54) is 11.3 Å². The summed E-state index contributed by atoms with van der Waals surface area (Å²) in [7, 11) is 1.91. The Morgan fingerprint density at radius 2 is 2.30 bits per heavy atom. The van der Waals surface area contributed by atoms with Crippen LogP contribution in [0.3, 0.4) is 0 Å². The van der Waals surface area contributed by atoms with Gasteiger partial charge in [0.1, 0.15) is 0 Å². The molecule has 1 unspecified atom stereocenters. The molecule has 8 nitrogen and oxygen atoms in total. The number of thiophene rings is 1. The Hall–Kier alpha value is -2.94. The van der Waals surface area contributed by atoms with Crippen molar-refractivity contribution in [2.24, 2.45) is 17.0 Å². The normalized spacial score (nSPS) is 18.2. The van der Waals surface area contributed by atoms with Gasteiger partial charge in [-0.05, 0) is 25.5 Å². The molecule has 0 bridgehead atoms. The first-order valence-electron chi connectivity index (χ1n) is 8.78. The number of hydrogen-bond acceptors (Lipinski definition) is 7. The molecule has 2 N–H and O–H groups in total. The van der Waals surface area contributed by atoms with E-state index in [1.54, 1.807) is 10.9 Å². The number of amides is 1. The fourth-order valence-electron chi connectivity index (χ4n) is 3.19. The van der Waals surface area contributed by atoms with Crippen LogP contribution < -0.4 is 10.6 Å². The zero-order valence-corrected chi connectivity index (χ0v) is 16.2. The largest absolute Gasteiger partial charge is 0.352 e. The zero-order chi connectivity index (χ0) is 19.0. The van der Waals surface area contributed by atoms with Gasteiger partial charge < -0.3 is 15.5 Å². The molecule has 27 heavy (non-hydrogen) atoms. The first-order chi connectivity index (χ1) is 13.1. The van der Waals surface area contributed by atoms with Crippen LogP contribution in [0.15, 0.2) is 40.8 Å². The second kappa shape index (κ2) is 6.99. The van der Waals surface area contributed by atoms with Crippen molar-refractivity contribution in [3.8, 4) is 0 Å². The predicted octanol–water partition coefficient (Wildman–Crippen LogP) is 2.29. The van der Waals surface area contributed by atoms with E-state index in [9.17, 15) is 4.79 Å². The molecule has 4 heterocycles. The summed E-state index contributed by atoms with van der Waals surface area (Å²) in [6.45, 7) is 5.11. The summed E-state index contributed by atoms with van der Waals surface area (Å²) in [4.78, 5) is 24.1. The van der Waals surface area contributed by atoms with Gasteiger partial charge in [0.15, 0.2) is 11.7 Å². The lowest BCUT2D eigenvalue weighted by atomic mass is 10.1. The minimum Gasteiger partial charge on any atom is -0.352 e. The molecular formula is C18H21N7OS. The number of carbonyl (C=O) groups is 1. The highest BCUT2D eigenvalue weighted by Gasteiger charge is 2.33. The Bertz CT molecular complexity index is 968. The third-order valence-electron chi connectivity index (χ3n) is 4.45. The van der Waals surface area contributed by atoms with Crippen molar-refractivity contribution in [2.75, 3.05) is 18.4 Å². The van der Waals surface area contributed by atoms with Crippen LogP contribution in [-0.4, -0.2) is 45.3 Å². The lowest BCUT2D eigenvalue weighted by Gasteiger charge is -2.26. The summed E-state index contributed by atoms with van der Waals surface area (Å²) in [6.07, 6.45) is 7.59. The van der Waals surface area contributed by atoms with E-state index in [2.05, 4.69) is 30.6 Å². The molecule has 0 spiro atoms. The van der Waals surface area contributed by atoms with E-state index < -0.39 is 0 Å². The molecule has 0 saturated carbocycles. The predicted molar refractivity (Wildman–Crippen MR) is 107 cm³/mol. The molecule has 9 heteroatoms. The van der Waals surface area contributed by atoms with Crippen molar-refractivity contribution < 1.29 is 4.79 Å². The molecule has 2 aliphatic heterocycles. The molecule has 1 atom stereocenters. The van der Waals surface area contributed by atoms with Gasteiger partial charge in [0, 0.05) is 37.8 Å². The summed E-state index contributed by atoms with van der Waals surface area (Å²) in [5.41, 5.74) is 2.06. The average Bonchev–Trinajstić information content (AvgIpc) is 3.34. The van der Waals surface area contributed by atoms with E-state index >= 15 is 0 Å². The highest BCUT2D eigenvalue weighted by Crippen LogP contribution is 2.31. The van der Waals surface area contributed by atoms with Crippen molar-refractivity contribution in [3.63, 3.8) is 0 Å². The molecule has 140 valence electrons. The van der Waals surface area contributed by atoms with Crippen LogP contribution in [-0.2, 0) is 7.05 Å². The van der Waals surface area contributed by atoms with Gasteiger partial charge in [0.05, 0.1) is 28.7 Å². The SMILES string of the molecule is CCNC(=O)c1sc(NC2=NC=CN3C2=NCC3c2cnn(C)c2)cc1C. The van der Waals surface area contributed by atoms with Gasteiger partial charge in [-0.2, -0.15) is 5.10 Å². The summed E-state index contributed by atoms with van der Waals surface area (Å²) in [6, 6.07) is 2.09. The molecule has 0 radical (unpaired) electrons. The van der Waals surface area contributed by atoms with Crippen molar-refractivity contribution in [3.05, 3.63) is 46.9 Å². The number of hydrogen-bond donors (Lipinski definition) is 2. The number of rotatable bonds is 4. The Balaban J connectivity index is 1.53. The minimum atomic E-state index is -0.0463. The summed E-state index contributed by atoms with van der Waals surface area (Å²) in [5, 5.41) is 11.3. The Kier molecular flexibility index (Phi) is 4.53. The smallest absolute Gasteiger partial charge is 0.261 e. The number of fused-ring (bicyclic) bond motifs is 1. The molecule has 0 aromatic carbocycles. The van der Waals surface area contributed by atoms with Crippen molar-refractivity contribution in [2.45, 2.75) is 19.9 Å². The van der Waals surface area contributed by atoms with E-state index in [1.807, 2.05) is 45.6 Å². The summed E-state index contributed by atoms with van der Waals surface area (Å²) < 4.78 is 1.80. The summed E-state index contributed by atoms with van der Waals surface area (Å²) in [5.74, 6) is 1.44. The van der Waals surface area contributed by atoms with Crippen LogP contribution in [0.2, 0.25) is 0 Å². The van der Waals surface area contributed by atoms with Gasteiger partial charge in [0.25, 0.3) is 5.91 Å². The number of anilines is 1. The maximum Gasteiger partial charge on any atom is 0.261 e. The molecule has 2 aliphatic rings. The molecule has 0 saturated heterocycles. The molecule has 1 amide bonds. The Morgan fingerprint density at radius 1 is 1.44 bits per heavy atom. The van der Waals surface area contributed by atoms with Gasteiger partial charge in [-0.3, -0.25) is 14.5 Å². The Labute approximate surface area is 161 Å². The van der Waals surface area contributed by atoms with Crippen LogP contribution in [0.1, 0.15) is 33.8 Å². The maximum atomic E-state index is 12.1. The molecule has 2 aromatic heterocycles. The van der Waals surface area contributed by atoms with E-state index in [0.717, 1.165) is 22.0 Å². The monoisotopic (exact) mass is 383 g/mol. The van der Waals surface area contributed by atoms with Gasteiger partial charge >= 0.3 is 0 Å². The molecular weight excluding hydrogens is 362 g/mol. The van der Waals surface area contributed by atoms with Crippen molar-refractivity contribution >= 4 is 33.9 Å². The van der Waals surface area contributed by atoms with E-state index in [0.29, 0.717) is 23.8 Å². The standard InChI is InChI=1S/C18H21N7OS/c1-4-19-18(26)15-11(2)7-14(27-15)23-16-17-21-9-13(25(17)6-5-20-16)12-8-22-24(3)10-12/h5-8,10,13H,4,9H2,1-3H3,(H,19,26)(H,20,23). The lowest BCUT2D eigenvalue weighted by Crippen LogP contribution is -2.36. The van der Waals surface area contributed by atoms with Gasteiger partial charge in [0.2, 0.25) is 0 Å². The molecule has 0 aliphatic carbocycles. The van der Waals surface area contributed by atoms with E-state index in [-0.39, 0.29) is 11.9 Å². The number of carbonyl (C=O) groups excluding carboxylic acids is 1. The van der Waals surface area contributed by atoms with E-state index in [4.69, 9.17) is 0 Å². The number of aryl methyl sites for hydroxylation is 2. The Morgan fingerprint density at radius 3 is 3.04 bits per heavy atom. The number of aromatic nitrogens is 2. The lowest BCUT2D eigenvalue weighted by molar-refractivity contribution is 0.0959. The quantitative estimate of drug-likeness (QED) is 0.848. The van der Waals surface area contributed by atoms with Crippen molar-refractivity contribution in [1.82, 2.24) is 20.0 Å². The number of nitrogens with one attached hydrogen (secondary N) is 2. The second-order valence-electron chi connectivity index (χ2n) is 6.42. The molecule has 4 rings (SSSR count). The molecule has 0 fully saturated rings. The second-order valence-corrected chi connectivity index (χ2v) is 7.47. The first kappa shape index (κ1) is 17.5. The number of aliphatic imine (C=N–C) groups is 2. The van der Waals surface area contributed by atoms with Crippen LogP contribution in [0, 0.1) is 6.92 Å². The third kappa shape index (κ3) is 3.25.